The zero-order chi connectivity index (χ0) is 12.6. The summed E-state index contributed by atoms with van der Waals surface area (Å²) < 4.78 is 1.05. The molecule has 0 bridgehead atoms. The van der Waals surface area contributed by atoms with E-state index in [4.69, 9.17) is 0 Å². The van der Waals surface area contributed by atoms with Gasteiger partial charge in [-0.05, 0) is 71.5 Å². The van der Waals surface area contributed by atoms with Crippen LogP contribution in [0.15, 0.2) is 6.07 Å². The first kappa shape index (κ1) is 13.1. The molecule has 1 aromatic carbocycles. The highest BCUT2D eigenvalue weighted by Gasteiger charge is 2.30. The zero-order valence-corrected chi connectivity index (χ0v) is 12.9. The fourth-order valence-electron chi connectivity index (χ4n) is 2.75. The molecule has 0 heterocycles. The lowest BCUT2D eigenvalue weighted by molar-refractivity contribution is 0.421. The molecule has 3 heteroatoms. The van der Waals surface area contributed by atoms with Crippen molar-refractivity contribution in [2.75, 3.05) is 7.05 Å². The van der Waals surface area contributed by atoms with Crippen molar-refractivity contribution < 1.29 is 5.11 Å². The first-order valence-electron chi connectivity index (χ1n) is 6.15. The third-order valence-electron chi connectivity index (χ3n) is 3.75. The molecule has 0 fully saturated rings. The van der Waals surface area contributed by atoms with E-state index in [0.717, 1.165) is 22.1 Å². The van der Waals surface area contributed by atoms with E-state index in [1.807, 2.05) is 7.05 Å². The van der Waals surface area contributed by atoms with Crippen LogP contribution in [0.3, 0.4) is 0 Å². The Kier molecular flexibility index (Phi) is 3.69. The van der Waals surface area contributed by atoms with Crippen LogP contribution < -0.4 is 5.32 Å². The van der Waals surface area contributed by atoms with E-state index < -0.39 is 0 Å². The molecule has 1 aromatic rings. The van der Waals surface area contributed by atoms with Gasteiger partial charge in [0.05, 0.1) is 3.57 Å². The van der Waals surface area contributed by atoms with Crippen molar-refractivity contribution in [3.63, 3.8) is 0 Å². The zero-order valence-electron chi connectivity index (χ0n) is 10.7. The summed E-state index contributed by atoms with van der Waals surface area (Å²) >= 11 is 2.29. The van der Waals surface area contributed by atoms with E-state index in [1.54, 1.807) is 0 Å². The fraction of sp³-hybridized carbons (Fsp3) is 0.571. The van der Waals surface area contributed by atoms with Crippen LogP contribution in [-0.4, -0.2) is 12.2 Å². The van der Waals surface area contributed by atoms with Gasteiger partial charge in [0.25, 0.3) is 0 Å². The second-order valence-electron chi connectivity index (χ2n) is 5.49. The standard InChI is InChI=1S/C14H20INO/c1-14(2)6-4-5-10-11(14)7-9(8-16-3)13(17)12(10)15/h7,16-17H,4-6,8H2,1-3H3. The second kappa shape index (κ2) is 4.76. The number of aromatic hydroxyl groups is 1. The predicted octanol–water partition coefficient (Wildman–Crippen LogP) is 3.33. The van der Waals surface area contributed by atoms with Crippen molar-refractivity contribution in [2.24, 2.45) is 0 Å². The highest BCUT2D eigenvalue weighted by molar-refractivity contribution is 14.1. The summed E-state index contributed by atoms with van der Waals surface area (Å²) in [6.45, 7) is 5.34. The van der Waals surface area contributed by atoms with Crippen LogP contribution in [0.25, 0.3) is 0 Å². The number of fused-ring (bicyclic) bond motifs is 1. The minimum Gasteiger partial charge on any atom is -0.506 e. The Labute approximate surface area is 117 Å². The highest BCUT2D eigenvalue weighted by atomic mass is 127. The third kappa shape index (κ3) is 2.32. The van der Waals surface area contributed by atoms with Gasteiger partial charge in [-0.25, -0.2) is 0 Å². The van der Waals surface area contributed by atoms with E-state index in [1.165, 1.54) is 24.0 Å². The molecule has 0 aromatic heterocycles. The number of phenolic OH excluding ortho intramolecular Hbond substituents is 1. The molecule has 2 nitrogen and oxygen atoms in total. The predicted molar refractivity (Wildman–Crippen MR) is 79.6 cm³/mol. The molecule has 0 spiro atoms. The smallest absolute Gasteiger partial charge is 0.133 e. The SMILES string of the molecule is CNCc1cc2c(c(I)c1O)CCCC2(C)C. The highest BCUT2D eigenvalue weighted by Crippen LogP contribution is 2.42. The van der Waals surface area contributed by atoms with E-state index in [2.05, 4.69) is 47.8 Å². The number of benzene rings is 1. The first-order chi connectivity index (χ1) is 7.97. The molecular formula is C14H20INO. The monoisotopic (exact) mass is 345 g/mol. The van der Waals surface area contributed by atoms with Crippen LogP contribution >= 0.6 is 22.6 Å². The molecule has 2 N–H and O–H groups in total. The average Bonchev–Trinajstić information content (AvgIpc) is 2.27. The molecule has 0 unspecified atom stereocenters. The second-order valence-corrected chi connectivity index (χ2v) is 6.57. The topological polar surface area (TPSA) is 32.3 Å². The Balaban J connectivity index is 2.60. The Morgan fingerprint density at radius 1 is 1.47 bits per heavy atom. The Bertz CT molecular complexity index is 440. The molecule has 0 amide bonds. The van der Waals surface area contributed by atoms with Gasteiger partial charge in [-0.1, -0.05) is 13.8 Å². The van der Waals surface area contributed by atoms with E-state index in [9.17, 15) is 5.11 Å². The van der Waals surface area contributed by atoms with E-state index in [0.29, 0.717) is 5.75 Å². The third-order valence-corrected chi connectivity index (χ3v) is 4.91. The number of hydrogen-bond acceptors (Lipinski definition) is 2. The maximum atomic E-state index is 10.2. The van der Waals surface area contributed by atoms with Crippen LogP contribution in [0.4, 0.5) is 0 Å². The minimum atomic E-state index is 0.240. The Hall–Kier alpha value is -0.290. The summed E-state index contributed by atoms with van der Waals surface area (Å²) in [7, 11) is 1.91. The van der Waals surface area contributed by atoms with Gasteiger partial charge in [0.15, 0.2) is 0 Å². The van der Waals surface area contributed by atoms with Crippen molar-refractivity contribution in [3.8, 4) is 5.75 Å². The summed E-state index contributed by atoms with van der Waals surface area (Å²) in [5, 5.41) is 13.3. The Morgan fingerprint density at radius 3 is 2.82 bits per heavy atom. The number of halogens is 1. The van der Waals surface area contributed by atoms with Crippen LogP contribution in [-0.2, 0) is 18.4 Å². The van der Waals surface area contributed by atoms with Gasteiger partial charge in [-0.15, -0.1) is 0 Å². The summed E-state index contributed by atoms with van der Waals surface area (Å²) in [6, 6.07) is 2.20. The van der Waals surface area contributed by atoms with Gasteiger partial charge < -0.3 is 10.4 Å². The molecule has 1 aliphatic rings. The van der Waals surface area contributed by atoms with Gasteiger partial charge >= 0.3 is 0 Å². The maximum Gasteiger partial charge on any atom is 0.133 e. The number of hydrogen-bond donors (Lipinski definition) is 2. The maximum absolute atomic E-state index is 10.2. The summed E-state index contributed by atoms with van der Waals surface area (Å²) in [4.78, 5) is 0. The molecule has 0 aliphatic heterocycles. The van der Waals surface area contributed by atoms with E-state index >= 15 is 0 Å². The number of phenols is 1. The van der Waals surface area contributed by atoms with Crippen molar-refractivity contribution in [1.29, 1.82) is 0 Å². The Morgan fingerprint density at radius 2 is 2.18 bits per heavy atom. The number of rotatable bonds is 2. The van der Waals surface area contributed by atoms with Gasteiger partial charge in [-0.2, -0.15) is 0 Å². The molecule has 0 radical (unpaired) electrons. The summed E-state index contributed by atoms with van der Waals surface area (Å²) in [6.07, 6.45) is 3.56. The van der Waals surface area contributed by atoms with Crippen LogP contribution in [0.1, 0.15) is 43.4 Å². The molecule has 1 aliphatic carbocycles. The van der Waals surface area contributed by atoms with Crippen molar-refractivity contribution in [3.05, 3.63) is 26.3 Å². The van der Waals surface area contributed by atoms with Gasteiger partial charge in [0, 0.05) is 12.1 Å². The van der Waals surface area contributed by atoms with Gasteiger partial charge in [-0.3, -0.25) is 0 Å². The molecule has 94 valence electrons. The average molecular weight is 345 g/mol. The van der Waals surface area contributed by atoms with Crippen molar-refractivity contribution >= 4 is 22.6 Å². The van der Waals surface area contributed by atoms with E-state index in [-0.39, 0.29) is 5.41 Å². The lowest BCUT2D eigenvalue weighted by atomic mass is 9.72. The molecule has 17 heavy (non-hydrogen) atoms. The minimum absolute atomic E-state index is 0.240. The van der Waals surface area contributed by atoms with Crippen LogP contribution in [0.2, 0.25) is 0 Å². The fourth-order valence-corrected chi connectivity index (χ4v) is 3.65. The van der Waals surface area contributed by atoms with Crippen molar-refractivity contribution in [1.82, 2.24) is 5.32 Å². The van der Waals surface area contributed by atoms with Crippen LogP contribution in [0.5, 0.6) is 5.75 Å². The van der Waals surface area contributed by atoms with Crippen molar-refractivity contribution in [2.45, 2.75) is 45.1 Å². The molecule has 0 saturated heterocycles. The number of nitrogens with one attached hydrogen (secondary N) is 1. The lowest BCUT2D eigenvalue weighted by Crippen LogP contribution is -2.25. The van der Waals surface area contributed by atoms with Gasteiger partial charge in [0.2, 0.25) is 0 Å². The van der Waals surface area contributed by atoms with Crippen LogP contribution in [0, 0.1) is 3.57 Å². The first-order valence-corrected chi connectivity index (χ1v) is 7.23. The molecule has 0 atom stereocenters. The molecule has 0 saturated carbocycles. The quantitative estimate of drug-likeness (QED) is 0.806. The summed E-state index contributed by atoms with van der Waals surface area (Å²) in [5.74, 6) is 0.469. The van der Waals surface area contributed by atoms with Gasteiger partial charge in [0.1, 0.15) is 5.75 Å². The largest absolute Gasteiger partial charge is 0.506 e. The lowest BCUT2D eigenvalue weighted by Gasteiger charge is -2.34. The molecule has 2 rings (SSSR count). The normalized spacial score (nSPS) is 17.9. The molecular weight excluding hydrogens is 325 g/mol. The summed E-state index contributed by atoms with van der Waals surface area (Å²) in [5.41, 5.74) is 4.05.